The number of fused-ring (bicyclic) bond motifs is 6. The molecule has 1 unspecified atom stereocenters. The van der Waals surface area contributed by atoms with Crippen molar-refractivity contribution in [3.05, 3.63) is 112 Å². The van der Waals surface area contributed by atoms with Crippen LogP contribution in [-0.4, -0.2) is 19.1 Å². The molecule has 204 valence electrons. The van der Waals surface area contributed by atoms with E-state index in [2.05, 4.69) is 94.2 Å². The van der Waals surface area contributed by atoms with Crippen LogP contribution >= 0.6 is 0 Å². The fraction of sp³-hybridized carbons (Fsp3) is 0.286. The molecule has 0 saturated heterocycles. The zero-order valence-corrected chi connectivity index (χ0v) is 24.1. The molecule has 6 rings (SSSR count). The third-order valence-electron chi connectivity index (χ3n) is 7.75. The first-order chi connectivity index (χ1) is 19.1. The van der Waals surface area contributed by atoms with Gasteiger partial charge >= 0.3 is 5.97 Å². The normalized spacial score (nSPS) is 17.0. The van der Waals surface area contributed by atoms with E-state index in [0.29, 0.717) is 17.1 Å². The van der Waals surface area contributed by atoms with Crippen LogP contribution in [0.3, 0.4) is 0 Å². The van der Waals surface area contributed by atoms with E-state index in [1.807, 2.05) is 36.4 Å². The maximum absolute atomic E-state index is 13.3. The fourth-order valence-electron chi connectivity index (χ4n) is 5.98. The number of nitrogens with zero attached hydrogens (tertiary/aromatic N) is 1. The quantitative estimate of drug-likeness (QED) is 0.261. The second-order valence-electron chi connectivity index (χ2n) is 12.1. The lowest BCUT2D eigenvalue weighted by molar-refractivity contribution is 0.0224. The number of rotatable bonds is 5. The molecule has 0 amide bonds. The molecule has 0 saturated carbocycles. The molecule has 0 aromatic heterocycles. The van der Waals surface area contributed by atoms with Gasteiger partial charge in [-0.25, -0.2) is 4.79 Å². The number of anilines is 3. The first kappa shape index (κ1) is 26.0. The Labute approximate surface area is 236 Å². The highest BCUT2D eigenvalue weighted by molar-refractivity contribution is 5.97. The first-order valence-electron chi connectivity index (χ1n) is 14.0. The third kappa shape index (κ3) is 4.30. The van der Waals surface area contributed by atoms with E-state index in [0.717, 1.165) is 52.4 Å². The van der Waals surface area contributed by atoms with Crippen molar-refractivity contribution < 1.29 is 14.3 Å². The number of ether oxygens (including phenoxy) is 2. The van der Waals surface area contributed by atoms with E-state index in [-0.39, 0.29) is 11.4 Å². The predicted molar refractivity (Wildman–Crippen MR) is 161 cm³/mol. The maximum atomic E-state index is 13.3. The average Bonchev–Trinajstić information content (AvgIpc) is 3.20. The van der Waals surface area contributed by atoms with Gasteiger partial charge in [0.25, 0.3) is 0 Å². The lowest BCUT2D eigenvalue weighted by Crippen LogP contribution is -2.34. The van der Waals surface area contributed by atoms with Gasteiger partial charge in [0.1, 0.15) is 11.5 Å². The van der Waals surface area contributed by atoms with E-state index in [1.165, 1.54) is 5.56 Å². The second kappa shape index (κ2) is 9.44. The summed E-state index contributed by atoms with van der Waals surface area (Å²) in [6.45, 7) is 14.8. The summed E-state index contributed by atoms with van der Waals surface area (Å²) in [4.78, 5) is 15.7. The number of carbonyl (C=O) groups is 1. The molecule has 5 heteroatoms. The number of carbonyl (C=O) groups excluding carboxylic acids is 1. The monoisotopic (exact) mass is 532 g/mol. The molecule has 2 heterocycles. The van der Waals surface area contributed by atoms with E-state index in [9.17, 15) is 4.79 Å². The Kier molecular flexibility index (Phi) is 6.14. The van der Waals surface area contributed by atoms with Crippen LogP contribution in [0.15, 0.2) is 78.9 Å². The van der Waals surface area contributed by atoms with E-state index >= 15 is 0 Å². The fourth-order valence-corrected chi connectivity index (χ4v) is 5.98. The smallest absolute Gasteiger partial charge is 0.340 e. The summed E-state index contributed by atoms with van der Waals surface area (Å²) in [6, 6.07) is 26.4. The molecule has 2 aliphatic rings. The minimum Gasteiger partial charge on any atom is -0.456 e. The lowest BCUT2D eigenvalue weighted by Gasteiger charge is -2.38. The highest BCUT2D eigenvalue weighted by atomic mass is 16.6. The van der Waals surface area contributed by atoms with Gasteiger partial charge in [-0.2, -0.15) is 0 Å². The van der Waals surface area contributed by atoms with Crippen LogP contribution in [0.25, 0.3) is 0 Å². The summed E-state index contributed by atoms with van der Waals surface area (Å²) in [5, 5.41) is 3.58. The molecule has 1 N–H and O–H groups in total. The Morgan fingerprint density at radius 1 is 0.850 bits per heavy atom. The van der Waals surface area contributed by atoms with Gasteiger partial charge in [0.05, 0.1) is 5.56 Å². The molecule has 1 spiro atoms. The van der Waals surface area contributed by atoms with E-state index in [1.54, 1.807) is 0 Å². The standard InChI is InChI=1S/C35H36N2O3/c1-7-37(21-34(4,5)6)25-15-16-28-32(19-25)39-31-18-23(3)30(36-24-12-10-11-22(2)17-24)20-29(31)35(28)27-14-9-8-13-26(27)33(38)40-35/h8-20,36H,7,21H2,1-6H3. The number of benzene rings is 4. The number of aryl methyl sites for hydroxylation is 2. The van der Waals surface area contributed by atoms with Crippen molar-refractivity contribution in [2.75, 3.05) is 23.3 Å². The first-order valence-corrected chi connectivity index (χ1v) is 14.0. The molecule has 1 atom stereocenters. The molecule has 5 nitrogen and oxygen atoms in total. The largest absolute Gasteiger partial charge is 0.456 e. The van der Waals surface area contributed by atoms with Crippen LogP contribution in [-0.2, 0) is 10.3 Å². The third-order valence-corrected chi connectivity index (χ3v) is 7.75. The molecule has 0 radical (unpaired) electrons. The van der Waals surface area contributed by atoms with Crippen molar-refractivity contribution in [3.63, 3.8) is 0 Å². The van der Waals surface area contributed by atoms with Crippen molar-refractivity contribution >= 4 is 23.0 Å². The average molecular weight is 533 g/mol. The minimum atomic E-state index is -1.10. The van der Waals surface area contributed by atoms with Crippen molar-refractivity contribution in [1.82, 2.24) is 0 Å². The molecular weight excluding hydrogens is 496 g/mol. The summed E-state index contributed by atoms with van der Waals surface area (Å²) in [5.41, 5.74) is 7.34. The Hall–Kier alpha value is -4.25. The summed E-state index contributed by atoms with van der Waals surface area (Å²) >= 11 is 0. The molecule has 4 aromatic carbocycles. The molecular formula is C35H36N2O3. The summed E-state index contributed by atoms with van der Waals surface area (Å²) < 4.78 is 13.1. The number of hydrogen-bond acceptors (Lipinski definition) is 5. The molecule has 0 aliphatic carbocycles. The van der Waals surface area contributed by atoms with E-state index < -0.39 is 5.60 Å². The molecule has 0 fully saturated rings. The number of hydrogen-bond donors (Lipinski definition) is 1. The van der Waals surface area contributed by atoms with Gasteiger partial charge in [0.2, 0.25) is 0 Å². The van der Waals surface area contributed by atoms with Gasteiger partial charge in [0.15, 0.2) is 5.60 Å². The van der Waals surface area contributed by atoms with Gasteiger partial charge in [-0.15, -0.1) is 0 Å². The highest BCUT2D eigenvalue weighted by Gasteiger charge is 2.53. The van der Waals surface area contributed by atoms with Crippen molar-refractivity contribution in [2.45, 2.75) is 47.1 Å². The van der Waals surface area contributed by atoms with Crippen molar-refractivity contribution in [1.29, 1.82) is 0 Å². The minimum absolute atomic E-state index is 0.137. The summed E-state index contributed by atoms with van der Waals surface area (Å²) in [5.74, 6) is 1.08. The molecule has 0 bridgehead atoms. The van der Waals surface area contributed by atoms with Crippen LogP contribution in [0.1, 0.15) is 65.9 Å². The molecule has 40 heavy (non-hydrogen) atoms. The van der Waals surface area contributed by atoms with Crippen molar-refractivity contribution in [2.24, 2.45) is 5.41 Å². The van der Waals surface area contributed by atoms with Crippen molar-refractivity contribution in [3.8, 4) is 11.5 Å². The van der Waals surface area contributed by atoms with Gasteiger partial charge < -0.3 is 19.7 Å². The van der Waals surface area contributed by atoms with Crippen LogP contribution in [0, 0.1) is 19.3 Å². The van der Waals surface area contributed by atoms with Crippen LogP contribution in [0.4, 0.5) is 17.1 Å². The second-order valence-corrected chi connectivity index (χ2v) is 12.1. The molecule has 2 aliphatic heterocycles. The van der Waals surface area contributed by atoms with Gasteiger partial charge in [-0.05, 0) is 79.8 Å². The Bertz CT molecular complexity index is 1630. The topological polar surface area (TPSA) is 50.8 Å². The van der Waals surface area contributed by atoms with Crippen LogP contribution in [0.2, 0.25) is 0 Å². The lowest BCUT2D eigenvalue weighted by atomic mass is 9.77. The van der Waals surface area contributed by atoms with Gasteiger partial charge in [-0.1, -0.05) is 51.1 Å². The van der Waals surface area contributed by atoms with Gasteiger partial charge in [-0.3, -0.25) is 0 Å². The Morgan fingerprint density at radius 2 is 1.62 bits per heavy atom. The number of nitrogens with one attached hydrogen (secondary N) is 1. The zero-order valence-electron chi connectivity index (χ0n) is 24.1. The Balaban J connectivity index is 1.54. The Morgan fingerprint density at radius 3 is 2.38 bits per heavy atom. The zero-order chi connectivity index (χ0) is 28.2. The van der Waals surface area contributed by atoms with E-state index in [4.69, 9.17) is 9.47 Å². The van der Waals surface area contributed by atoms with Crippen LogP contribution < -0.4 is 15.0 Å². The summed E-state index contributed by atoms with van der Waals surface area (Å²) in [6.07, 6.45) is 0. The predicted octanol–water partition coefficient (Wildman–Crippen LogP) is 8.49. The number of esters is 1. The summed E-state index contributed by atoms with van der Waals surface area (Å²) in [7, 11) is 0. The maximum Gasteiger partial charge on any atom is 0.340 e. The van der Waals surface area contributed by atoms with Crippen LogP contribution in [0.5, 0.6) is 11.5 Å². The molecule has 4 aromatic rings. The SMILES string of the molecule is CCN(CC(C)(C)C)c1ccc2c(c1)Oc1cc(C)c(Nc3cccc(C)c3)cc1C21OC(=O)c2ccccc21. The highest BCUT2D eigenvalue weighted by Crippen LogP contribution is 2.57. The van der Waals surface area contributed by atoms with Gasteiger partial charge in [0, 0.05) is 52.9 Å².